The van der Waals surface area contributed by atoms with Gasteiger partial charge in [-0.1, -0.05) is 29.8 Å². The van der Waals surface area contributed by atoms with Crippen LogP contribution in [0.3, 0.4) is 0 Å². The van der Waals surface area contributed by atoms with Crippen LogP contribution < -0.4 is 5.32 Å². The van der Waals surface area contributed by atoms with Gasteiger partial charge in [0.15, 0.2) is 0 Å². The monoisotopic (exact) mass is 472 g/mol. The topological polar surface area (TPSA) is 87.5 Å². The van der Waals surface area contributed by atoms with E-state index in [1.54, 1.807) is 42.5 Å². The summed E-state index contributed by atoms with van der Waals surface area (Å²) >= 11 is 6.32. The van der Waals surface area contributed by atoms with E-state index in [1.165, 1.54) is 18.2 Å². The molecule has 34 heavy (non-hydrogen) atoms. The number of rotatable bonds is 4. The van der Waals surface area contributed by atoms with Crippen LogP contribution in [0, 0.1) is 12.7 Å². The summed E-state index contributed by atoms with van der Waals surface area (Å²) in [5, 5.41) is 12.8. The molecular formula is C26H18ClFN4O2. The van der Waals surface area contributed by atoms with Gasteiger partial charge < -0.3 is 10.4 Å². The average Bonchev–Trinajstić information content (AvgIpc) is 2.97. The maximum atomic E-state index is 14.7. The van der Waals surface area contributed by atoms with Crippen molar-refractivity contribution in [3.8, 4) is 11.3 Å². The normalized spacial score (nSPS) is 12.3. The van der Waals surface area contributed by atoms with Gasteiger partial charge in [0.05, 0.1) is 23.5 Å². The summed E-state index contributed by atoms with van der Waals surface area (Å²) in [4.78, 5) is 25.2. The molecule has 5 rings (SSSR count). The fourth-order valence-corrected chi connectivity index (χ4v) is 4.11. The minimum Gasteiger partial charge on any atom is -0.478 e. The molecule has 0 radical (unpaired) electrons. The molecule has 3 aromatic carbocycles. The van der Waals surface area contributed by atoms with Gasteiger partial charge in [0.2, 0.25) is 5.95 Å². The molecule has 4 aromatic rings. The standard InChI is InChI=1S/C26H18ClFN4O2/c1-14-21-13-29-23(19-4-2-3-5-22(19)28)20-12-16(27)8-11-18(20)24(21)32-26(30-14)31-17-9-6-15(7-10-17)25(33)34/h2-12H,13H2,1H3,(H,33,34)(H,30,31,32). The molecule has 0 saturated heterocycles. The average molecular weight is 473 g/mol. The highest BCUT2D eigenvalue weighted by Crippen LogP contribution is 2.35. The molecule has 1 aliphatic rings. The fraction of sp³-hybridized carbons (Fsp3) is 0.0769. The Bertz CT molecular complexity index is 1470. The zero-order chi connectivity index (χ0) is 23.8. The first-order chi connectivity index (χ1) is 16.4. The number of hydrogen-bond acceptors (Lipinski definition) is 5. The Morgan fingerprint density at radius 2 is 1.76 bits per heavy atom. The fourth-order valence-electron chi connectivity index (χ4n) is 3.93. The van der Waals surface area contributed by atoms with E-state index in [4.69, 9.17) is 26.7 Å². The second kappa shape index (κ2) is 8.68. The largest absolute Gasteiger partial charge is 0.478 e. The van der Waals surface area contributed by atoms with Crippen molar-refractivity contribution in [2.45, 2.75) is 13.5 Å². The Morgan fingerprint density at radius 1 is 1.00 bits per heavy atom. The van der Waals surface area contributed by atoms with E-state index in [0.717, 1.165) is 16.8 Å². The number of nitrogens with one attached hydrogen (secondary N) is 1. The molecule has 0 saturated carbocycles. The van der Waals surface area contributed by atoms with E-state index in [-0.39, 0.29) is 17.9 Å². The number of benzene rings is 3. The van der Waals surface area contributed by atoms with Gasteiger partial charge in [-0.3, -0.25) is 4.99 Å². The van der Waals surface area contributed by atoms with Crippen molar-refractivity contribution in [1.29, 1.82) is 0 Å². The molecule has 1 aliphatic heterocycles. The van der Waals surface area contributed by atoms with Gasteiger partial charge in [0.25, 0.3) is 0 Å². The van der Waals surface area contributed by atoms with E-state index < -0.39 is 5.97 Å². The van der Waals surface area contributed by atoms with Gasteiger partial charge in [-0.15, -0.1) is 0 Å². The number of carboxylic acid groups (broad SMARTS) is 1. The number of carboxylic acids is 1. The number of aryl methyl sites for hydroxylation is 1. The smallest absolute Gasteiger partial charge is 0.335 e. The van der Waals surface area contributed by atoms with Gasteiger partial charge in [-0.2, -0.15) is 0 Å². The Hall–Kier alpha value is -4.10. The van der Waals surface area contributed by atoms with Crippen molar-refractivity contribution in [2.75, 3.05) is 5.32 Å². The van der Waals surface area contributed by atoms with Crippen molar-refractivity contribution >= 4 is 34.9 Å². The minimum atomic E-state index is -0.996. The first kappa shape index (κ1) is 21.7. The van der Waals surface area contributed by atoms with Crippen molar-refractivity contribution in [3.05, 3.63) is 106 Å². The summed E-state index contributed by atoms with van der Waals surface area (Å²) in [5.41, 5.74) is 5.44. The predicted molar refractivity (Wildman–Crippen MR) is 130 cm³/mol. The number of fused-ring (bicyclic) bond motifs is 3. The predicted octanol–water partition coefficient (Wildman–Crippen LogP) is 6.04. The third-order valence-corrected chi connectivity index (χ3v) is 5.85. The van der Waals surface area contributed by atoms with Gasteiger partial charge in [-0.05, 0) is 55.5 Å². The highest BCUT2D eigenvalue weighted by atomic mass is 35.5. The summed E-state index contributed by atoms with van der Waals surface area (Å²) in [6.45, 7) is 2.16. The number of aliphatic imine (C=N–C) groups is 1. The van der Waals surface area contributed by atoms with E-state index in [2.05, 4.69) is 10.3 Å². The summed E-state index contributed by atoms with van der Waals surface area (Å²) in [7, 11) is 0. The molecule has 0 amide bonds. The van der Waals surface area contributed by atoms with Gasteiger partial charge in [0.1, 0.15) is 5.82 Å². The Balaban J connectivity index is 1.62. The Labute approximate surface area is 199 Å². The summed E-state index contributed by atoms with van der Waals surface area (Å²) in [6, 6.07) is 18.2. The van der Waals surface area contributed by atoms with Crippen molar-refractivity contribution in [3.63, 3.8) is 0 Å². The third kappa shape index (κ3) is 4.02. The van der Waals surface area contributed by atoms with E-state index in [9.17, 15) is 9.18 Å². The van der Waals surface area contributed by atoms with E-state index in [1.807, 2.05) is 13.0 Å². The molecule has 6 nitrogen and oxygen atoms in total. The van der Waals surface area contributed by atoms with Crippen LogP contribution in [0.25, 0.3) is 11.3 Å². The summed E-state index contributed by atoms with van der Waals surface area (Å²) < 4.78 is 14.7. The molecule has 2 N–H and O–H groups in total. The van der Waals surface area contributed by atoms with Gasteiger partial charge in [-0.25, -0.2) is 19.2 Å². The molecular weight excluding hydrogens is 455 g/mol. The summed E-state index contributed by atoms with van der Waals surface area (Å²) in [6.07, 6.45) is 0. The zero-order valence-electron chi connectivity index (χ0n) is 18.0. The molecule has 1 aromatic heterocycles. The van der Waals surface area contributed by atoms with Crippen LogP contribution in [-0.4, -0.2) is 26.8 Å². The first-order valence-corrected chi connectivity index (χ1v) is 10.9. The summed E-state index contributed by atoms with van der Waals surface area (Å²) in [5.74, 6) is -1.01. The van der Waals surface area contributed by atoms with Crippen LogP contribution in [0.4, 0.5) is 16.0 Å². The lowest BCUT2D eigenvalue weighted by Gasteiger charge is -2.14. The maximum absolute atomic E-state index is 14.7. The van der Waals surface area contributed by atoms with E-state index >= 15 is 0 Å². The van der Waals surface area contributed by atoms with Crippen LogP contribution >= 0.6 is 11.6 Å². The lowest BCUT2D eigenvalue weighted by atomic mass is 9.94. The second-order valence-electron chi connectivity index (χ2n) is 7.80. The number of nitrogens with zero attached hydrogens (tertiary/aromatic N) is 3. The van der Waals surface area contributed by atoms with Crippen LogP contribution in [-0.2, 0) is 6.54 Å². The minimum absolute atomic E-state index is 0.188. The molecule has 0 fully saturated rings. The number of anilines is 2. The van der Waals surface area contributed by atoms with Crippen LogP contribution in [0.1, 0.15) is 32.7 Å². The quantitative estimate of drug-likeness (QED) is 0.378. The molecule has 0 bridgehead atoms. The van der Waals surface area contributed by atoms with Crippen molar-refractivity contribution in [2.24, 2.45) is 4.99 Å². The molecule has 0 atom stereocenters. The lowest BCUT2D eigenvalue weighted by molar-refractivity contribution is 0.0697. The second-order valence-corrected chi connectivity index (χ2v) is 8.24. The number of halogens is 2. The Morgan fingerprint density at radius 3 is 2.50 bits per heavy atom. The third-order valence-electron chi connectivity index (χ3n) is 5.62. The van der Waals surface area contributed by atoms with E-state index in [0.29, 0.717) is 39.2 Å². The highest BCUT2D eigenvalue weighted by molar-refractivity contribution is 6.31. The molecule has 2 heterocycles. The number of aromatic carboxylic acids is 1. The number of aromatic nitrogens is 2. The van der Waals surface area contributed by atoms with Crippen LogP contribution in [0.2, 0.25) is 5.02 Å². The number of hydrogen-bond donors (Lipinski definition) is 2. The first-order valence-electron chi connectivity index (χ1n) is 10.5. The Kier molecular flexibility index (Phi) is 5.55. The number of carbonyl (C=O) groups is 1. The van der Waals surface area contributed by atoms with Gasteiger partial charge in [0, 0.05) is 38.7 Å². The molecule has 0 unspecified atom stereocenters. The van der Waals surface area contributed by atoms with Crippen LogP contribution in [0.15, 0.2) is 71.7 Å². The molecule has 168 valence electrons. The SMILES string of the molecule is Cc1nc(Nc2ccc(C(=O)O)cc2)nc2c1CN=C(c1ccccc1F)c1cc(Cl)ccc1-2. The zero-order valence-corrected chi connectivity index (χ0v) is 18.8. The van der Waals surface area contributed by atoms with Crippen molar-refractivity contribution in [1.82, 2.24) is 9.97 Å². The molecule has 8 heteroatoms. The molecule has 0 spiro atoms. The molecule has 0 aliphatic carbocycles. The lowest BCUT2D eigenvalue weighted by Crippen LogP contribution is -2.07. The highest BCUT2D eigenvalue weighted by Gasteiger charge is 2.24. The maximum Gasteiger partial charge on any atom is 0.335 e. The van der Waals surface area contributed by atoms with Gasteiger partial charge >= 0.3 is 5.97 Å². The van der Waals surface area contributed by atoms with Crippen molar-refractivity contribution < 1.29 is 14.3 Å². The van der Waals surface area contributed by atoms with Crippen LogP contribution in [0.5, 0.6) is 0 Å².